The smallest absolute Gasteiger partial charge is 0.282 e. The molecule has 0 N–H and O–H groups in total. The summed E-state index contributed by atoms with van der Waals surface area (Å²) in [4.78, 5) is 4.03. The average Bonchev–Trinajstić information content (AvgIpc) is 2.57. The normalized spacial score (nSPS) is 22.7. The summed E-state index contributed by atoms with van der Waals surface area (Å²) in [7, 11) is -3.30. The van der Waals surface area contributed by atoms with E-state index < -0.39 is 10.2 Å². The minimum Gasteiger partial charge on any atom is -0.379 e. The van der Waals surface area contributed by atoms with Crippen LogP contribution in [0.15, 0.2) is 24.5 Å². The molecular weight excluding hydrogens is 302 g/mol. The Morgan fingerprint density at radius 2 is 1.64 bits per heavy atom. The zero-order valence-electron chi connectivity index (χ0n) is 12.7. The fourth-order valence-corrected chi connectivity index (χ4v) is 4.75. The molecule has 2 saturated heterocycles. The van der Waals surface area contributed by atoms with Gasteiger partial charge in [0.25, 0.3) is 10.2 Å². The molecule has 0 spiro atoms. The maximum Gasteiger partial charge on any atom is 0.282 e. The van der Waals surface area contributed by atoms with Gasteiger partial charge in [-0.15, -0.1) is 0 Å². The number of hydrogen-bond acceptors (Lipinski definition) is 4. The van der Waals surface area contributed by atoms with Crippen molar-refractivity contribution in [3.8, 4) is 0 Å². The van der Waals surface area contributed by atoms with Crippen LogP contribution >= 0.6 is 0 Å². The van der Waals surface area contributed by atoms with Crippen LogP contribution in [0.5, 0.6) is 0 Å². The highest BCUT2D eigenvalue weighted by atomic mass is 32.2. The summed E-state index contributed by atoms with van der Waals surface area (Å²) in [5.41, 5.74) is 1.28. The zero-order chi connectivity index (χ0) is 15.4. The molecule has 0 radical (unpaired) electrons. The maximum absolute atomic E-state index is 12.6. The summed E-state index contributed by atoms with van der Waals surface area (Å²) in [6.07, 6.45) is 6.48. The van der Waals surface area contributed by atoms with E-state index in [-0.39, 0.29) is 0 Å². The first-order valence-corrected chi connectivity index (χ1v) is 9.28. The molecule has 0 amide bonds. The molecule has 2 aliphatic heterocycles. The van der Waals surface area contributed by atoms with Crippen LogP contribution in [0.1, 0.15) is 18.4 Å². The summed E-state index contributed by atoms with van der Waals surface area (Å²) in [5, 5.41) is 0. The molecule has 2 aliphatic rings. The Hall–Kier alpha value is -1.02. The number of piperidine rings is 1. The van der Waals surface area contributed by atoms with Gasteiger partial charge in [0, 0.05) is 38.6 Å². The third-order valence-corrected chi connectivity index (χ3v) is 6.51. The second kappa shape index (κ2) is 7.04. The Morgan fingerprint density at radius 1 is 1.05 bits per heavy atom. The third-order valence-electron chi connectivity index (χ3n) is 4.47. The SMILES string of the molecule is O=S(=O)(N1CCOCC1)N1CCC(Cc2ccncc2)CC1. The summed E-state index contributed by atoms with van der Waals surface area (Å²) in [6.45, 7) is 3.18. The van der Waals surface area contributed by atoms with E-state index in [4.69, 9.17) is 4.74 Å². The molecule has 1 aromatic rings. The summed E-state index contributed by atoms with van der Waals surface area (Å²) < 4.78 is 33.6. The molecule has 0 saturated carbocycles. The van der Waals surface area contributed by atoms with E-state index in [1.807, 2.05) is 24.5 Å². The lowest BCUT2D eigenvalue weighted by Crippen LogP contribution is -2.50. The highest BCUT2D eigenvalue weighted by Crippen LogP contribution is 2.24. The fraction of sp³-hybridized carbons (Fsp3) is 0.667. The molecular formula is C15H23N3O3S. The Balaban J connectivity index is 1.54. The summed E-state index contributed by atoms with van der Waals surface area (Å²) in [5.74, 6) is 0.554. The number of aromatic nitrogens is 1. The molecule has 3 heterocycles. The van der Waals surface area contributed by atoms with E-state index in [0.717, 1.165) is 19.3 Å². The Bertz CT molecular complexity index is 565. The van der Waals surface area contributed by atoms with Crippen molar-refractivity contribution in [2.45, 2.75) is 19.3 Å². The monoisotopic (exact) mass is 325 g/mol. The van der Waals surface area contributed by atoms with Crippen molar-refractivity contribution in [2.24, 2.45) is 5.92 Å². The molecule has 0 aromatic carbocycles. The number of ether oxygens (including phenoxy) is 1. The zero-order valence-corrected chi connectivity index (χ0v) is 13.5. The van der Waals surface area contributed by atoms with Crippen LogP contribution in [0.2, 0.25) is 0 Å². The predicted molar refractivity (Wildman–Crippen MR) is 83.5 cm³/mol. The van der Waals surface area contributed by atoms with Crippen molar-refractivity contribution in [3.05, 3.63) is 30.1 Å². The summed E-state index contributed by atoms with van der Waals surface area (Å²) >= 11 is 0. The Morgan fingerprint density at radius 3 is 2.27 bits per heavy atom. The Kier molecular flexibility index (Phi) is 5.07. The van der Waals surface area contributed by atoms with Gasteiger partial charge in [-0.2, -0.15) is 17.0 Å². The number of pyridine rings is 1. The van der Waals surface area contributed by atoms with E-state index in [1.165, 1.54) is 5.56 Å². The van der Waals surface area contributed by atoms with Gasteiger partial charge in [0.2, 0.25) is 0 Å². The number of hydrogen-bond donors (Lipinski definition) is 0. The highest BCUT2D eigenvalue weighted by molar-refractivity contribution is 7.86. The van der Waals surface area contributed by atoms with Gasteiger partial charge in [0.1, 0.15) is 0 Å². The van der Waals surface area contributed by atoms with Crippen LogP contribution in [0.3, 0.4) is 0 Å². The van der Waals surface area contributed by atoms with Crippen LogP contribution in [0.25, 0.3) is 0 Å². The van der Waals surface area contributed by atoms with Crippen molar-refractivity contribution >= 4 is 10.2 Å². The van der Waals surface area contributed by atoms with Crippen LogP contribution < -0.4 is 0 Å². The van der Waals surface area contributed by atoms with Crippen LogP contribution in [0.4, 0.5) is 0 Å². The molecule has 0 unspecified atom stereocenters. The average molecular weight is 325 g/mol. The quantitative estimate of drug-likeness (QED) is 0.826. The second-order valence-electron chi connectivity index (χ2n) is 5.92. The van der Waals surface area contributed by atoms with Gasteiger partial charge < -0.3 is 4.74 Å². The molecule has 0 aliphatic carbocycles. The first-order valence-electron chi connectivity index (χ1n) is 7.88. The lowest BCUT2D eigenvalue weighted by Gasteiger charge is -2.36. The standard InChI is InChI=1S/C15H23N3O3S/c19-22(20,18-9-11-21-12-10-18)17-7-3-15(4-8-17)13-14-1-5-16-6-2-14/h1-2,5-6,15H,3-4,7-13H2. The molecule has 2 fully saturated rings. The molecule has 7 heteroatoms. The molecule has 0 atom stereocenters. The van der Waals surface area contributed by atoms with E-state index in [0.29, 0.717) is 45.3 Å². The van der Waals surface area contributed by atoms with Crippen LogP contribution in [0, 0.1) is 5.92 Å². The second-order valence-corrected chi connectivity index (χ2v) is 7.85. The van der Waals surface area contributed by atoms with Crippen molar-refractivity contribution in [2.75, 3.05) is 39.4 Å². The molecule has 0 bridgehead atoms. The lowest BCUT2D eigenvalue weighted by atomic mass is 9.91. The maximum atomic E-state index is 12.6. The van der Waals surface area contributed by atoms with Crippen LogP contribution in [-0.2, 0) is 21.4 Å². The lowest BCUT2D eigenvalue weighted by molar-refractivity contribution is 0.0693. The van der Waals surface area contributed by atoms with Crippen molar-refractivity contribution in [3.63, 3.8) is 0 Å². The van der Waals surface area contributed by atoms with Gasteiger partial charge in [-0.3, -0.25) is 4.98 Å². The molecule has 122 valence electrons. The minimum absolute atomic E-state index is 0.472. The highest BCUT2D eigenvalue weighted by Gasteiger charge is 2.33. The Labute approximate surface area is 132 Å². The van der Waals surface area contributed by atoms with E-state index >= 15 is 0 Å². The summed E-state index contributed by atoms with van der Waals surface area (Å²) in [6, 6.07) is 4.08. The van der Waals surface area contributed by atoms with Gasteiger partial charge in [-0.25, -0.2) is 0 Å². The van der Waals surface area contributed by atoms with Crippen molar-refractivity contribution in [1.29, 1.82) is 0 Å². The first kappa shape index (κ1) is 15.9. The topological polar surface area (TPSA) is 62.7 Å². The van der Waals surface area contributed by atoms with E-state index in [1.54, 1.807) is 8.61 Å². The van der Waals surface area contributed by atoms with E-state index in [2.05, 4.69) is 4.98 Å². The predicted octanol–water partition coefficient (Wildman–Crippen LogP) is 0.913. The van der Waals surface area contributed by atoms with Gasteiger partial charge in [0.15, 0.2) is 0 Å². The van der Waals surface area contributed by atoms with Crippen LogP contribution in [-0.4, -0.2) is 61.4 Å². The largest absolute Gasteiger partial charge is 0.379 e. The first-order chi connectivity index (χ1) is 10.7. The van der Waals surface area contributed by atoms with E-state index in [9.17, 15) is 8.42 Å². The number of nitrogens with zero attached hydrogens (tertiary/aromatic N) is 3. The van der Waals surface area contributed by atoms with Gasteiger partial charge >= 0.3 is 0 Å². The molecule has 3 rings (SSSR count). The van der Waals surface area contributed by atoms with Gasteiger partial charge in [0.05, 0.1) is 13.2 Å². The van der Waals surface area contributed by atoms with Crippen molar-refractivity contribution < 1.29 is 13.2 Å². The molecule has 22 heavy (non-hydrogen) atoms. The molecule has 6 nitrogen and oxygen atoms in total. The van der Waals surface area contributed by atoms with Gasteiger partial charge in [-0.05, 0) is 42.9 Å². The number of morpholine rings is 1. The van der Waals surface area contributed by atoms with Crippen molar-refractivity contribution in [1.82, 2.24) is 13.6 Å². The third kappa shape index (κ3) is 3.65. The van der Waals surface area contributed by atoms with Gasteiger partial charge in [-0.1, -0.05) is 0 Å². The molecule has 1 aromatic heterocycles. The fourth-order valence-electron chi connectivity index (χ4n) is 3.14. The number of rotatable bonds is 4. The minimum atomic E-state index is -3.30.